The second kappa shape index (κ2) is 10.9. The fourth-order valence-corrected chi connectivity index (χ4v) is 4.11. The lowest BCUT2D eigenvalue weighted by molar-refractivity contribution is -0.115. The van der Waals surface area contributed by atoms with E-state index in [1.54, 1.807) is 31.4 Å². The summed E-state index contributed by atoms with van der Waals surface area (Å²) < 4.78 is 13.2. The molecule has 2 atom stereocenters. The van der Waals surface area contributed by atoms with E-state index in [1.165, 1.54) is 11.8 Å². The van der Waals surface area contributed by atoms with E-state index in [0.717, 1.165) is 5.75 Å². The first-order valence-electron chi connectivity index (χ1n) is 10.6. The van der Waals surface area contributed by atoms with Gasteiger partial charge in [0.05, 0.1) is 24.0 Å². The van der Waals surface area contributed by atoms with Gasteiger partial charge in [0.2, 0.25) is 5.91 Å². The molecule has 0 aliphatic carbocycles. The lowest BCUT2D eigenvalue weighted by Gasteiger charge is -2.20. The smallest absolute Gasteiger partial charge is 0.237 e. The molecule has 8 nitrogen and oxygen atoms in total. The van der Waals surface area contributed by atoms with Gasteiger partial charge in [0.15, 0.2) is 17.1 Å². The van der Waals surface area contributed by atoms with Gasteiger partial charge >= 0.3 is 0 Å². The first kappa shape index (κ1) is 24.1. The van der Waals surface area contributed by atoms with Gasteiger partial charge in [0, 0.05) is 11.7 Å². The molecule has 2 unspecified atom stereocenters. The molecule has 172 valence electrons. The Labute approximate surface area is 197 Å². The average molecular weight is 466 g/mol. The summed E-state index contributed by atoms with van der Waals surface area (Å²) in [4.78, 5) is 12.7. The van der Waals surface area contributed by atoms with Crippen molar-refractivity contribution in [3.8, 4) is 17.6 Å². The third kappa shape index (κ3) is 6.05. The minimum atomic E-state index is -0.409. The fraction of sp³-hybridized carbons (Fsp3) is 0.333. The number of anilines is 1. The van der Waals surface area contributed by atoms with Crippen molar-refractivity contribution >= 4 is 23.4 Å². The average Bonchev–Trinajstić information content (AvgIpc) is 3.24. The van der Waals surface area contributed by atoms with Crippen molar-refractivity contribution < 1.29 is 14.3 Å². The minimum Gasteiger partial charge on any atom is -0.497 e. The molecule has 2 aromatic carbocycles. The molecular formula is C24H27N5O3S. The van der Waals surface area contributed by atoms with Crippen LogP contribution in [0.3, 0.4) is 0 Å². The van der Waals surface area contributed by atoms with Crippen LogP contribution in [0.15, 0.2) is 53.7 Å². The number of rotatable bonds is 9. The number of amides is 1. The second-order valence-electron chi connectivity index (χ2n) is 7.68. The first-order chi connectivity index (χ1) is 15.8. The molecule has 0 spiro atoms. The maximum Gasteiger partial charge on any atom is 0.237 e. The number of thioether (sulfide) groups is 1. The topological polar surface area (TPSA) is 102 Å². The van der Waals surface area contributed by atoms with Gasteiger partial charge in [0.1, 0.15) is 11.5 Å². The van der Waals surface area contributed by atoms with Crippen LogP contribution in [0, 0.1) is 11.3 Å². The monoisotopic (exact) mass is 465 g/mol. The number of aromatic nitrogens is 3. The summed E-state index contributed by atoms with van der Waals surface area (Å²) >= 11 is 1.34. The van der Waals surface area contributed by atoms with Gasteiger partial charge in [-0.1, -0.05) is 11.8 Å². The number of ether oxygens (including phenoxy) is 2. The van der Waals surface area contributed by atoms with Crippen molar-refractivity contribution in [1.29, 1.82) is 5.26 Å². The number of benzene rings is 2. The van der Waals surface area contributed by atoms with Gasteiger partial charge in [-0.25, -0.2) is 0 Å². The van der Waals surface area contributed by atoms with Crippen LogP contribution >= 0.6 is 11.8 Å². The first-order valence-corrected chi connectivity index (χ1v) is 11.4. The fourth-order valence-electron chi connectivity index (χ4n) is 3.13. The van der Waals surface area contributed by atoms with Crippen LogP contribution in [-0.2, 0) is 4.79 Å². The highest BCUT2D eigenvalue weighted by Gasteiger charge is 2.25. The highest BCUT2D eigenvalue weighted by molar-refractivity contribution is 8.00. The second-order valence-corrected chi connectivity index (χ2v) is 8.99. The normalized spacial score (nSPS) is 12.6. The molecule has 3 rings (SSSR count). The maximum atomic E-state index is 12.7. The van der Waals surface area contributed by atoms with Gasteiger partial charge in [-0.15, -0.1) is 10.2 Å². The van der Waals surface area contributed by atoms with E-state index < -0.39 is 5.25 Å². The third-order valence-corrected chi connectivity index (χ3v) is 5.93. The predicted molar refractivity (Wildman–Crippen MR) is 128 cm³/mol. The Morgan fingerprint density at radius 1 is 1.03 bits per heavy atom. The number of nitriles is 1. The molecule has 9 heteroatoms. The van der Waals surface area contributed by atoms with Crippen LogP contribution in [0.25, 0.3) is 0 Å². The molecule has 33 heavy (non-hydrogen) atoms. The quantitative estimate of drug-likeness (QED) is 0.444. The van der Waals surface area contributed by atoms with Crippen LogP contribution in [0.4, 0.5) is 5.69 Å². The maximum absolute atomic E-state index is 12.7. The summed E-state index contributed by atoms with van der Waals surface area (Å²) in [5, 5.41) is 20.7. The number of carbonyl (C=O) groups is 1. The van der Waals surface area contributed by atoms with E-state index in [1.807, 2.05) is 56.5 Å². The van der Waals surface area contributed by atoms with E-state index in [4.69, 9.17) is 14.7 Å². The third-order valence-electron chi connectivity index (χ3n) is 4.88. The largest absolute Gasteiger partial charge is 0.497 e. The molecule has 0 fully saturated rings. The van der Waals surface area contributed by atoms with E-state index in [-0.39, 0.29) is 18.1 Å². The Morgan fingerprint density at radius 3 is 2.24 bits per heavy atom. The lowest BCUT2D eigenvalue weighted by atomic mass is 10.2. The molecule has 0 saturated carbocycles. The molecule has 0 saturated heterocycles. The highest BCUT2D eigenvalue weighted by atomic mass is 32.2. The number of hydrogen-bond donors (Lipinski definition) is 1. The number of methoxy groups -OCH3 is 1. The Balaban J connectivity index is 1.70. The number of carbonyl (C=O) groups excluding carboxylic acids is 1. The predicted octanol–water partition coefficient (Wildman–Crippen LogP) is 5.00. The summed E-state index contributed by atoms with van der Waals surface area (Å²) in [7, 11) is 1.62. The zero-order chi connectivity index (χ0) is 24.0. The van der Waals surface area contributed by atoms with Crippen molar-refractivity contribution in [2.24, 2.45) is 0 Å². The number of nitrogens with one attached hydrogen (secondary N) is 1. The van der Waals surface area contributed by atoms with E-state index in [9.17, 15) is 4.79 Å². The molecule has 1 N–H and O–H groups in total. The van der Waals surface area contributed by atoms with Crippen LogP contribution in [0.1, 0.15) is 51.2 Å². The van der Waals surface area contributed by atoms with Crippen molar-refractivity contribution in [2.75, 3.05) is 12.4 Å². The SMILES string of the molecule is COc1ccc(OC(C)c2nnc(SC(C)C(=O)Nc3ccc(C#N)cc3)n2C(C)C)cc1. The number of hydrogen-bond acceptors (Lipinski definition) is 7. The van der Waals surface area contributed by atoms with Gasteiger partial charge in [0.25, 0.3) is 0 Å². The Bertz CT molecular complexity index is 1120. The summed E-state index contributed by atoms with van der Waals surface area (Å²) in [5.74, 6) is 1.98. The zero-order valence-electron chi connectivity index (χ0n) is 19.3. The van der Waals surface area contributed by atoms with Gasteiger partial charge in [-0.3, -0.25) is 4.79 Å². The zero-order valence-corrected chi connectivity index (χ0v) is 20.1. The summed E-state index contributed by atoms with van der Waals surface area (Å²) in [6, 6.07) is 16.3. The van der Waals surface area contributed by atoms with E-state index in [2.05, 4.69) is 21.6 Å². The van der Waals surface area contributed by atoms with Crippen molar-refractivity contribution in [1.82, 2.24) is 14.8 Å². The Kier molecular flexibility index (Phi) is 7.96. The van der Waals surface area contributed by atoms with Crippen LogP contribution in [-0.4, -0.2) is 33.0 Å². The van der Waals surface area contributed by atoms with Crippen molar-refractivity contribution in [3.63, 3.8) is 0 Å². The van der Waals surface area contributed by atoms with Crippen molar-refractivity contribution in [3.05, 3.63) is 59.9 Å². The molecule has 3 aromatic rings. The molecule has 0 bridgehead atoms. The van der Waals surface area contributed by atoms with Crippen LogP contribution in [0.2, 0.25) is 0 Å². The molecule has 0 aliphatic rings. The summed E-state index contributed by atoms with van der Waals surface area (Å²) in [5.41, 5.74) is 1.18. The summed E-state index contributed by atoms with van der Waals surface area (Å²) in [6.07, 6.45) is -0.342. The standard InChI is InChI=1S/C24H27N5O3S/c1-15(2)29-22(16(3)32-21-12-10-20(31-5)11-13-21)27-28-24(29)33-17(4)23(30)26-19-8-6-18(14-25)7-9-19/h6-13,15-17H,1-5H3,(H,26,30). The molecule has 1 aromatic heterocycles. The summed E-state index contributed by atoms with van der Waals surface area (Å²) in [6.45, 7) is 7.82. The van der Waals surface area contributed by atoms with Crippen LogP contribution < -0.4 is 14.8 Å². The highest BCUT2D eigenvalue weighted by Crippen LogP contribution is 2.30. The Hall–Kier alpha value is -3.51. The van der Waals surface area contributed by atoms with E-state index in [0.29, 0.717) is 28.0 Å². The molecule has 0 radical (unpaired) electrons. The van der Waals surface area contributed by atoms with Crippen molar-refractivity contribution in [2.45, 2.75) is 50.2 Å². The van der Waals surface area contributed by atoms with Gasteiger partial charge in [-0.2, -0.15) is 5.26 Å². The Morgan fingerprint density at radius 2 is 1.67 bits per heavy atom. The van der Waals surface area contributed by atoms with Crippen LogP contribution in [0.5, 0.6) is 11.5 Å². The van der Waals surface area contributed by atoms with E-state index >= 15 is 0 Å². The molecule has 1 amide bonds. The van der Waals surface area contributed by atoms with Gasteiger partial charge < -0.3 is 19.4 Å². The minimum absolute atomic E-state index is 0.0770. The number of nitrogens with zero attached hydrogens (tertiary/aromatic N) is 4. The molecule has 1 heterocycles. The van der Waals surface area contributed by atoms with Gasteiger partial charge in [-0.05, 0) is 76.2 Å². The molecular weight excluding hydrogens is 438 g/mol. The molecule has 0 aliphatic heterocycles. The lowest BCUT2D eigenvalue weighted by Crippen LogP contribution is -2.23.